The number of urea groups is 1. The Morgan fingerprint density at radius 2 is 1.97 bits per heavy atom. The number of aromatic nitrogens is 1. The number of rotatable bonds is 6. The van der Waals surface area contributed by atoms with Gasteiger partial charge in [0.25, 0.3) is 0 Å². The minimum Gasteiger partial charge on any atom is -0.353 e. The van der Waals surface area contributed by atoms with Crippen molar-refractivity contribution in [3.63, 3.8) is 0 Å². The highest BCUT2D eigenvalue weighted by Crippen LogP contribution is 2.34. The lowest BCUT2D eigenvalue weighted by Crippen LogP contribution is -2.49. The Labute approximate surface area is 193 Å². The molecule has 1 N–H and O–H groups in total. The second kappa shape index (κ2) is 10.5. The van der Waals surface area contributed by atoms with Gasteiger partial charge in [0, 0.05) is 38.4 Å². The molecule has 1 aromatic heterocycles. The number of pyridine rings is 1. The Hall–Kier alpha value is -1.74. The van der Waals surface area contributed by atoms with Crippen molar-refractivity contribution in [1.29, 1.82) is 0 Å². The maximum absolute atomic E-state index is 13.1. The maximum Gasteiger partial charge on any atom is 0.417 e. The Morgan fingerprint density at radius 1 is 1.28 bits per heavy atom. The second-order valence-corrected chi connectivity index (χ2v) is 9.86. The Bertz CT molecular complexity index is 783. The summed E-state index contributed by atoms with van der Waals surface area (Å²) in [5, 5.41) is 3.09. The van der Waals surface area contributed by atoms with E-state index in [4.69, 9.17) is 11.6 Å². The van der Waals surface area contributed by atoms with Crippen LogP contribution >= 0.6 is 11.6 Å². The van der Waals surface area contributed by atoms with Gasteiger partial charge in [-0.15, -0.1) is 0 Å². The van der Waals surface area contributed by atoms with Crippen molar-refractivity contribution in [3.8, 4) is 0 Å². The quantitative estimate of drug-likeness (QED) is 0.665. The van der Waals surface area contributed by atoms with Crippen LogP contribution in [0.4, 0.5) is 23.8 Å². The van der Waals surface area contributed by atoms with Gasteiger partial charge in [-0.05, 0) is 57.3 Å². The summed E-state index contributed by atoms with van der Waals surface area (Å²) >= 11 is 6.09. The number of piperidine rings is 1. The van der Waals surface area contributed by atoms with Gasteiger partial charge >= 0.3 is 12.2 Å². The first-order valence-electron chi connectivity index (χ1n) is 11.2. The monoisotopic (exact) mass is 475 g/mol. The molecule has 1 atom stereocenters. The van der Waals surface area contributed by atoms with Gasteiger partial charge in [-0.2, -0.15) is 13.2 Å². The predicted octanol–water partition coefficient (Wildman–Crippen LogP) is 4.34. The molecule has 1 unspecified atom stereocenters. The SMILES string of the molecule is CC(C)CN(CC1CCN(C)CC1)C(=O)NC1CCN(c2ncc(C(F)(F)F)cc2Cl)C1. The Kier molecular flexibility index (Phi) is 8.14. The van der Waals surface area contributed by atoms with Crippen molar-refractivity contribution in [2.45, 2.75) is 45.3 Å². The molecule has 3 heterocycles. The molecule has 32 heavy (non-hydrogen) atoms. The summed E-state index contributed by atoms with van der Waals surface area (Å²) in [5.74, 6) is 1.19. The first-order valence-corrected chi connectivity index (χ1v) is 11.6. The van der Waals surface area contributed by atoms with E-state index in [0.29, 0.717) is 43.7 Å². The fourth-order valence-corrected chi connectivity index (χ4v) is 4.68. The third-order valence-corrected chi connectivity index (χ3v) is 6.43. The van der Waals surface area contributed by atoms with Crippen LogP contribution in [-0.2, 0) is 6.18 Å². The highest BCUT2D eigenvalue weighted by molar-refractivity contribution is 6.33. The van der Waals surface area contributed by atoms with E-state index in [1.54, 1.807) is 0 Å². The highest BCUT2D eigenvalue weighted by atomic mass is 35.5. The summed E-state index contributed by atoms with van der Waals surface area (Å²) in [5.41, 5.74) is -0.867. The zero-order valence-corrected chi connectivity index (χ0v) is 19.7. The van der Waals surface area contributed by atoms with Crippen molar-refractivity contribution >= 4 is 23.4 Å². The maximum atomic E-state index is 13.1. The zero-order valence-electron chi connectivity index (χ0n) is 19.0. The predicted molar refractivity (Wildman–Crippen MR) is 120 cm³/mol. The number of anilines is 1. The van der Waals surface area contributed by atoms with Crippen molar-refractivity contribution < 1.29 is 18.0 Å². The van der Waals surface area contributed by atoms with Gasteiger partial charge in [0.15, 0.2) is 0 Å². The Morgan fingerprint density at radius 3 is 2.56 bits per heavy atom. The van der Waals surface area contributed by atoms with Gasteiger partial charge in [0.1, 0.15) is 5.82 Å². The normalized spacial score (nSPS) is 20.8. The molecular formula is C22H33ClF3N5O. The number of alkyl halides is 3. The summed E-state index contributed by atoms with van der Waals surface area (Å²) in [7, 11) is 2.12. The fourth-order valence-electron chi connectivity index (χ4n) is 4.39. The lowest BCUT2D eigenvalue weighted by molar-refractivity contribution is -0.137. The van der Waals surface area contributed by atoms with E-state index in [9.17, 15) is 18.0 Å². The second-order valence-electron chi connectivity index (χ2n) is 9.45. The molecule has 6 nitrogen and oxygen atoms in total. The van der Waals surface area contributed by atoms with Crippen LogP contribution in [0.15, 0.2) is 12.3 Å². The topological polar surface area (TPSA) is 51.7 Å². The van der Waals surface area contributed by atoms with E-state index < -0.39 is 11.7 Å². The molecule has 0 spiro atoms. The van der Waals surface area contributed by atoms with Crippen LogP contribution in [0, 0.1) is 11.8 Å². The van der Waals surface area contributed by atoms with Gasteiger partial charge in [-0.25, -0.2) is 9.78 Å². The number of amides is 2. The Balaban J connectivity index is 1.58. The molecule has 1 aromatic rings. The molecule has 10 heteroatoms. The molecule has 0 saturated carbocycles. The van der Waals surface area contributed by atoms with E-state index >= 15 is 0 Å². The van der Waals surface area contributed by atoms with E-state index in [1.807, 2.05) is 9.80 Å². The minimum atomic E-state index is -4.48. The number of carbonyl (C=O) groups is 1. The van der Waals surface area contributed by atoms with Crippen LogP contribution in [0.25, 0.3) is 0 Å². The third kappa shape index (κ3) is 6.63. The molecular weight excluding hydrogens is 443 g/mol. The number of halogens is 4. The molecule has 2 fully saturated rings. The molecule has 2 aliphatic rings. The first-order chi connectivity index (χ1) is 15.0. The fraction of sp³-hybridized carbons (Fsp3) is 0.727. The number of nitrogens with zero attached hydrogens (tertiary/aromatic N) is 4. The molecule has 2 aliphatic heterocycles. The van der Waals surface area contributed by atoms with Gasteiger partial charge in [0.2, 0.25) is 0 Å². The molecule has 2 saturated heterocycles. The molecule has 2 amide bonds. The van der Waals surface area contributed by atoms with Crippen molar-refractivity contribution in [3.05, 3.63) is 22.8 Å². The highest BCUT2D eigenvalue weighted by Gasteiger charge is 2.33. The lowest BCUT2D eigenvalue weighted by Gasteiger charge is -2.34. The number of likely N-dealkylation sites (tertiary alicyclic amines) is 1. The van der Waals surface area contributed by atoms with Crippen LogP contribution in [0.2, 0.25) is 5.02 Å². The van der Waals surface area contributed by atoms with Gasteiger partial charge in [-0.1, -0.05) is 25.4 Å². The van der Waals surface area contributed by atoms with Crippen LogP contribution in [0.1, 0.15) is 38.7 Å². The van der Waals surface area contributed by atoms with Crippen LogP contribution in [0.5, 0.6) is 0 Å². The van der Waals surface area contributed by atoms with E-state index in [0.717, 1.165) is 44.7 Å². The molecule has 180 valence electrons. The summed E-state index contributed by atoms with van der Waals surface area (Å²) in [6.45, 7) is 8.80. The average Bonchev–Trinajstić information content (AvgIpc) is 3.16. The van der Waals surface area contributed by atoms with E-state index in [2.05, 4.69) is 36.1 Å². The summed E-state index contributed by atoms with van der Waals surface area (Å²) < 4.78 is 38.6. The molecule has 0 aromatic carbocycles. The molecule has 0 aliphatic carbocycles. The number of hydrogen-bond acceptors (Lipinski definition) is 4. The number of hydrogen-bond donors (Lipinski definition) is 1. The standard InChI is InChI=1S/C22H33ClF3N5O/c1-15(2)12-31(13-16-4-7-29(3)8-5-16)21(32)28-18-6-9-30(14-18)20-19(23)10-17(11-27-20)22(24,25)26/h10-11,15-16,18H,4-9,12-14H2,1-3H3,(H,28,32). The van der Waals surface area contributed by atoms with Crippen molar-refractivity contribution in [2.24, 2.45) is 11.8 Å². The van der Waals surface area contributed by atoms with Crippen molar-refractivity contribution in [1.82, 2.24) is 20.1 Å². The van der Waals surface area contributed by atoms with Crippen LogP contribution in [0.3, 0.4) is 0 Å². The first kappa shape index (κ1) is 24.9. The van der Waals surface area contributed by atoms with Gasteiger partial charge < -0.3 is 20.0 Å². The lowest BCUT2D eigenvalue weighted by atomic mass is 9.96. The van der Waals surface area contributed by atoms with Gasteiger partial charge in [-0.3, -0.25) is 0 Å². The smallest absolute Gasteiger partial charge is 0.353 e. The zero-order chi connectivity index (χ0) is 23.5. The average molecular weight is 476 g/mol. The van der Waals surface area contributed by atoms with Gasteiger partial charge in [0.05, 0.1) is 10.6 Å². The van der Waals surface area contributed by atoms with E-state index in [1.165, 1.54) is 0 Å². The van der Waals surface area contributed by atoms with Crippen molar-refractivity contribution in [2.75, 3.05) is 51.2 Å². The molecule has 0 bridgehead atoms. The summed E-state index contributed by atoms with van der Waals surface area (Å²) in [6.07, 6.45) is -0.806. The number of carbonyl (C=O) groups excluding carboxylic acids is 1. The largest absolute Gasteiger partial charge is 0.417 e. The number of nitrogens with one attached hydrogen (secondary N) is 1. The molecule has 3 rings (SSSR count). The minimum absolute atomic E-state index is 0.0319. The summed E-state index contributed by atoms with van der Waals surface area (Å²) in [4.78, 5) is 23.1. The van der Waals surface area contributed by atoms with Crippen LogP contribution in [-0.4, -0.2) is 73.2 Å². The van der Waals surface area contributed by atoms with Crippen LogP contribution < -0.4 is 10.2 Å². The third-order valence-electron chi connectivity index (χ3n) is 6.15. The van der Waals surface area contributed by atoms with E-state index in [-0.39, 0.29) is 17.1 Å². The summed E-state index contributed by atoms with van der Waals surface area (Å²) in [6, 6.07) is 0.729. The molecule has 0 radical (unpaired) electrons.